The molecule has 1 N–H and O–H groups in total. The van der Waals surface area contributed by atoms with E-state index in [4.69, 9.17) is 0 Å². The number of amides is 1. The maximum absolute atomic E-state index is 11.8. The summed E-state index contributed by atoms with van der Waals surface area (Å²) in [6.45, 7) is -0.269. The Hall–Kier alpha value is -2.32. The molecule has 0 aromatic heterocycles. The van der Waals surface area contributed by atoms with Gasteiger partial charge in [-0.3, -0.25) is 15.4 Å². The molecule has 0 aliphatic carbocycles. The van der Waals surface area contributed by atoms with Crippen molar-refractivity contribution in [3.05, 3.63) is 33.9 Å². The summed E-state index contributed by atoms with van der Waals surface area (Å²) in [5, 5.41) is 12.6. The number of carbonyl (C=O) groups excluding carboxylic acids is 1. The van der Waals surface area contributed by atoms with Gasteiger partial charge in [0, 0.05) is 17.3 Å². The summed E-state index contributed by atoms with van der Waals surface area (Å²) in [7, 11) is 0. The first kappa shape index (κ1) is 14.7. The number of nitro benzene ring substituents is 1. The van der Waals surface area contributed by atoms with Crippen LogP contribution in [0.5, 0.6) is 0 Å². The van der Waals surface area contributed by atoms with Crippen LogP contribution >= 0.6 is 0 Å². The number of hydrogen-bond donors (Lipinski definition) is 1. The van der Waals surface area contributed by atoms with Gasteiger partial charge in [-0.05, 0) is 19.1 Å². The van der Waals surface area contributed by atoms with E-state index in [0.29, 0.717) is 0 Å². The minimum absolute atomic E-state index is 0.107. The van der Waals surface area contributed by atoms with Gasteiger partial charge in [0.15, 0.2) is 6.61 Å². The smallest absolute Gasteiger partial charge is 0.422 e. The molecule has 6 nitrogen and oxygen atoms in total. The summed E-state index contributed by atoms with van der Waals surface area (Å²) in [4.78, 5) is 20.9. The third-order valence-corrected chi connectivity index (χ3v) is 2.01. The molecule has 1 amide bonds. The van der Waals surface area contributed by atoms with E-state index in [1.807, 2.05) is 5.32 Å². The minimum Gasteiger partial charge on any atom is -0.440 e. The third kappa shape index (κ3) is 4.82. The topological polar surface area (TPSA) is 81.5 Å². The second kappa shape index (κ2) is 5.55. The molecule has 0 saturated heterocycles. The molecule has 0 aliphatic heterocycles. The summed E-state index contributed by atoms with van der Waals surface area (Å²) in [6, 6.07) is 3.58. The quantitative estimate of drug-likeness (QED) is 0.680. The van der Waals surface area contributed by atoms with Crippen molar-refractivity contribution in [2.75, 3.05) is 11.9 Å². The van der Waals surface area contributed by atoms with E-state index in [2.05, 4.69) is 4.74 Å². The van der Waals surface area contributed by atoms with E-state index in [1.54, 1.807) is 0 Å². The molecule has 0 fully saturated rings. The Kier molecular flexibility index (Phi) is 4.30. The zero-order valence-corrected chi connectivity index (χ0v) is 9.65. The fourth-order valence-electron chi connectivity index (χ4n) is 1.24. The van der Waals surface area contributed by atoms with Crippen molar-refractivity contribution in [3.8, 4) is 0 Å². The van der Waals surface area contributed by atoms with Crippen molar-refractivity contribution in [1.82, 2.24) is 0 Å². The van der Waals surface area contributed by atoms with Crippen molar-refractivity contribution in [2.24, 2.45) is 0 Å². The van der Waals surface area contributed by atoms with Gasteiger partial charge in [-0.15, -0.1) is 0 Å². The summed E-state index contributed by atoms with van der Waals surface area (Å²) >= 11 is 0. The van der Waals surface area contributed by atoms with Gasteiger partial charge in [0.1, 0.15) is 0 Å². The van der Waals surface area contributed by atoms with Gasteiger partial charge in [-0.1, -0.05) is 0 Å². The van der Waals surface area contributed by atoms with Gasteiger partial charge in [0.25, 0.3) is 5.69 Å². The first-order valence-electron chi connectivity index (χ1n) is 4.94. The van der Waals surface area contributed by atoms with Crippen molar-refractivity contribution in [3.63, 3.8) is 0 Å². The number of nitrogens with zero attached hydrogens (tertiary/aromatic N) is 1. The highest BCUT2D eigenvalue weighted by molar-refractivity contribution is 5.85. The van der Waals surface area contributed by atoms with Gasteiger partial charge in [0.05, 0.1) is 4.92 Å². The lowest BCUT2D eigenvalue weighted by Gasteiger charge is -2.09. The first-order valence-corrected chi connectivity index (χ1v) is 4.94. The Morgan fingerprint density at radius 3 is 2.58 bits per heavy atom. The SMILES string of the molecule is Cc1cc(NC(=O)OCC(F)(F)F)ccc1[N+](=O)[O-]. The van der Waals surface area contributed by atoms with Crippen LogP contribution in [-0.2, 0) is 4.74 Å². The molecule has 0 aliphatic rings. The van der Waals surface area contributed by atoms with Crippen LogP contribution in [0.4, 0.5) is 29.3 Å². The largest absolute Gasteiger partial charge is 0.440 e. The zero-order chi connectivity index (χ0) is 14.6. The van der Waals surface area contributed by atoms with E-state index in [0.717, 1.165) is 6.07 Å². The lowest BCUT2D eigenvalue weighted by molar-refractivity contribution is -0.385. The van der Waals surface area contributed by atoms with Crippen LogP contribution < -0.4 is 5.32 Å². The first-order chi connectivity index (χ1) is 8.69. The monoisotopic (exact) mass is 278 g/mol. The molecule has 1 aromatic rings. The zero-order valence-electron chi connectivity index (χ0n) is 9.65. The number of aryl methyl sites for hydroxylation is 1. The fraction of sp³-hybridized carbons (Fsp3) is 0.300. The van der Waals surface area contributed by atoms with E-state index in [9.17, 15) is 28.1 Å². The maximum atomic E-state index is 11.8. The summed E-state index contributed by atoms with van der Waals surface area (Å²) in [5.74, 6) is 0. The molecule has 0 heterocycles. The number of carbonyl (C=O) groups is 1. The van der Waals surface area contributed by atoms with Crippen LogP contribution in [0.25, 0.3) is 0 Å². The lowest BCUT2D eigenvalue weighted by atomic mass is 10.2. The number of nitro groups is 1. The average molecular weight is 278 g/mol. The van der Waals surface area contributed by atoms with E-state index in [-0.39, 0.29) is 16.9 Å². The highest BCUT2D eigenvalue weighted by Gasteiger charge is 2.29. The number of benzene rings is 1. The molecule has 104 valence electrons. The summed E-state index contributed by atoms with van der Waals surface area (Å²) < 4.78 is 39.3. The van der Waals surface area contributed by atoms with Crippen molar-refractivity contribution in [2.45, 2.75) is 13.1 Å². The molecular weight excluding hydrogens is 269 g/mol. The van der Waals surface area contributed by atoms with E-state index in [1.165, 1.54) is 19.1 Å². The summed E-state index contributed by atoms with van der Waals surface area (Å²) in [6.07, 6.45) is -5.89. The molecule has 9 heteroatoms. The number of alkyl halides is 3. The molecule has 19 heavy (non-hydrogen) atoms. The highest BCUT2D eigenvalue weighted by atomic mass is 19.4. The number of hydrogen-bond acceptors (Lipinski definition) is 4. The van der Waals surface area contributed by atoms with Crippen LogP contribution in [-0.4, -0.2) is 23.8 Å². The van der Waals surface area contributed by atoms with Crippen LogP contribution in [0.3, 0.4) is 0 Å². The van der Waals surface area contributed by atoms with Crippen LogP contribution in [0.1, 0.15) is 5.56 Å². The molecule has 0 atom stereocenters. The molecule has 0 spiro atoms. The van der Waals surface area contributed by atoms with E-state index >= 15 is 0 Å². The number of rotatable bonds is 3. The van der Waals surface area contributed by atoms with Crippen molar-refractivity contribution >= 4 is 17.5 Å². The second-order valence-corrected chi connectivity index (χ2v) is 3.57. The molecule has 0 unspecified atom stereocenters. The summed E-state index contributed by atoms with van der Waals surface area (Å²) in [5.41, 5.74) is 0.211. The number of ether oxygens (including phenoxy) is 1. The van der Waals surface area contributed by atoms with Gasteiger partial charge >= 0.3 is 12.3 Å². The molecular formula is C10H9F3N2O4. The minimum atomic E-state index is -4.61. The molecule has 1 rings (SSSR count). The molecule has 0 saturated carbocycles. The normalized spacial score (nSPS) is 10.9. The molecule has 0 radical (unpaired) electrons. The predicted octanol–water partition coefficient (Wildman–Crippen LogP) is 3.01. The Bertz CT molecular complexity index is 502. The maximum Gasteiger partial charge on any atom is 0.422 e. The molecule has 1 aromatic carbocycles. The van der Waals surface area contributed by atoms with Crippen molar-refractivity contribution < 1.29 is 27.6 Å². The van der Waals surface area contributed by atoms with Gasteiger partial charge in [-0.2, -0.15) is 13.2 Å². The van der Waals surface area contributed by atoms with Crippen LogP contribution in [0, 0.1) is 17.0 Å². The van der Waals surface area contributed by atoms with Crippen LogP contribution in [0.2, 0.25) is 0 Å². The standard InChI is InChI=1S/C10H9F3N2O4/c1-6-4-7(2-3-8(6)15(17)18)14-9(16)19-5-10(11,12)13/h2-4H,5H2,1H3,(H,14,16). The Labute approximate surface area is 105 Å². The predicted molar refractivity (Wildman–Crippen MR) is 58.9 cm³/mol. The van der Waals surface area contributed by atoms with Gasteiger partial charge in [0.2, 0.25) is 0 Å². The van der Waals surface area contributed by atoms with Crippen molar-refractivity contribution in [1.29, 1.82) is 0 Å². The van der Waals surface area contributed by atoms with Gasteiger partial charge < -0.3 is 4.74 Å². The molecule has 0 bridgehead atoms. The van der Waals surface area contributed by atoms with Gasteiger partial charge in [-0.25, -0.2) is 4.79 Å². The number of nitrogens with one attached hydrogen (secondary N) is 1. The lowest BCUT2D eigenvalue weighted by Crippen LogP contribution is -2.23. The fourth-order valence-corrected chi connectivity index (χ4v) is 1.24. The third-order valence-electron chi connectivity index (χ3n) is 2.01. The highest BCUT2D eigenvalue weighted by Crippen LogP contribution is 2.22. The average Bonchev–Trinajstić information content (AvgIpc) is 2.25. The Morgan fingerprint density at radius 2 is 2.11 bits per heavy atom. The number of halogens is 3. The number of anilines is 1. The Balaban J connectivity index is 2.65. The van der Waals surface area contributed by atoms with E-state index < -0.39 is 23.8 Å². The second-order valence-electron chi connectivity index (χ2n) is 3.57. The Morgan fingerprint density at radius 1 is 1.47 bits per heavy atom. The van der Waals surface area contributed by atoms with Crippen LogP contribution in [0.15, 0.2) is 18.2 Å².